The minimum absolute atomic E-state index is 0.144. The van der Waals surface area contributed by atoms with Gasteiger partial charge in [-0.1, -0.05) is 6.92 Å². The van der Waals surface area contributed by atoms with Crippen LogP contribution in [0.15, 0.2) is 0 Å². The maximum absolute atomic E-state index is 10.1. The van der Waals surface area contributed by atoms with Gasteiger partial charge in [0.25, 0.3) is 0 Å². The van der Waals surface area contributed by atoms with Gasteiger partial charge in [0.15, 0.2) is 6.29 Å². The van der Waals surface area contributed by atoms with Crippen LogP contribution < -0.4 is 0 Å². The van der Waals surface area contributed by atoms with E-state index in [0.717, 1.165) is 0 Å². The molecule has 7 heteroatoms. The van der Waals surface area contributed by atoms with Gasteiger partial charge in [0.1, 0.15) is 18.3 Å². The number of hydrogen-bond acceptors (Lipinski definition) is 7. The van der Waals surface area contributed by atoms with Crippen LogP contribution in [0.3, 0.4) is 0 Å². The van der Waals surface area contributed by atoms with Crippen molar-refractivity contribution in [2.45, 2.75) is 63.2 Å². The molecule has 2 saturated heterocycles. The molecule has 2 rings (SSSR count). The van der Waals surface area contributed by atoms with Gasteiger partial charge >= 0.3 is 0 Å². The molecule has 2 N–H and O–H groups in total. The first-order valence-electron chi connectivity index (χ1n) is 7.78. The van der Waals surface area contributed by atoms with E-state index >= 15 is 0 Å². The highest BCUT2D eigenvalue weighted by Crippen LogP contribution is 2.31. The van der Waals surface area contributed by atoms with Crippen molar-refractivity contribution in [3.8, 4) is 0 Å². The molecule has 8 atom stereocenters. The Hall–Kier alpha value is -0.280. The van der Waals surface area contributed by atoms with Crippen molar-refractivity contribution in [1.82, 2.24) is 0 Å². The minimum atomic E-state index is -0.620. The number of methoxy groups -OCH3 is 2. The van der Waals surface area contributed by atoms with Crippen molar-refractivity contribution >= 4 is 0 Å². The molecule has 7 nitrogen and oxygen atoms in total. The van der Waals surface area contributed by atoms with Gasteiger partial charge in [-0.2, -0.15) is 0 Å². The van der Waals surface area contributed by atoms with E-state index in [1.807, 2.05) is 13.8 Å². The Kier molecular flexibility index (Phi) is 6.58. The third-order valence-electron chi connectivity index (χ3n) is 4.61. The zero-order chi connectivity index (χ0) is 16.3. The normalized spacial score (nSPS) is 46.6. The summed E-state index contributed by atoms with van der Waals surface area (Å²) < 4.78 is 28.4. The quantitative estimate of drug-likeness (QED) is 0.733. The van der Waals surface area contributed by atoms with Gasteiger partial charge in [0, 0.05) is 26.6 Å². The largest absolute Gasteiger partial charge is 0.394 e. The lowest BCUT2D eigenvalue weighted by Crippen LogP contribution is -2.57. The predicted octanol–water partition coefficient (Wildman–Crippen LogP) is -0.0754. The lowest BCUT2D eigenvalue weighted by atomic mass is 9.94. The summed E-state index contributed by atoms with van der Waals surface area (Å²) in [4.78, 5) is 0. The molecular weight excluding hydrogens is 292 g/mol. The van der Waals surface area contributed by atoms with Crippen LogP contribution in [0.4, 0.5) is 0 Å². The van der Waals surface area contributed by atoms with Gasteiger partial charge in [-0.05, 0) is 6.92 Å². The average molecular weight is 320 g/mol. The molecule has 22 heavy (non-hydrogen) atoms. The fraction of sp³-hybridized carbons (Fsp3) is 1.00. The van der Waals surface area contributed by atoms with Crippen LogP contribution in [-0.2, 0) is 23.7 Å². The molecule has 2 fully saturated rings. The molecule has 0 amide bonds. The smallest absolute Gasteiger partial charge is 0.163 e. The number of hydrogen-bond donors (Lipinski definition) is 2. The standard InChI is InChI=1S/C15H28O7/c1-8-11(17)5-10(6-16)21-15(8)22-13-9(2)20-7-12(18-3)14(13)19-4/h8-17H,5-7H2,1-4H3/t8?,9?,10?,11?,12?,13-,14?,15-/m0/s1. The molecule has 0 aromatic carbocycles. The van der Waals surface area contributed by atoms with Gasteiger partial charge in [0.05, 0.1) is 31.5 Å². The summed E-state index contributed by atoms with van der Waals surface area (Å²) in [7, 11) is 3.22. The van der Waals surface area contributed by atoms with Crippen LogP contribution in [0, 0.1) is 5.92 Å². The van der Waals surface area contributed by atoms with Crippen molar-refractivity contribution < 1.29 is 33.9 Å². The molecule has 2 heterocycles. The number of rotatable bonds is 5. The first-order chi connectivity index (χ1) is 10.5. The van der Waals surface area contributed by atoms with Crippen molar-refractivity contribution in [2.75, 3.05) is 27.4 Å². The van der Waals surface area contributed by atoms with Crippen LogP contribution in [0.5, 0.6) is 0 Å². The second kappa shape index (κ2) is 8.01. The zero-order valence-corrected chi connectivity index (χ0v) is 13.7. The Morgan fingerprint density at radius 2 is 1.86 bits per heavy atom. The molecule has 0 aromatic rings. The second-order valence-corrected chi connectivity index (χ2v) is 6.08. The first-order valence-corrected chi connectivity index (χ1v) is 7.78. The highest BCUT2D eigenvalue weighted by molar-refractivity contribution is 4.89. The fourth-order valence-electron chi connectivity index (χ4n) is 3.05. The van der Waals surface area contributed by atoms with Crippen molar-refractivity contribution in [1.29, 1.82) is 0 Å². The summed E-state index contributed by atoms with van der Waals surface area (Å²) in [6, 6.07) is 0. The van der Waals surface area contributed by atoms with E-state index in [9.17, 15) is 10.2 Å². The van der Waals surface area contributed by atoms with E-state index in [-0.39, 0.29) is 36.9 Å². The van der Waals surface area contributed by atoms with Gasteiger partial charge in [-0.3, -0.25) is 0 Å². The highest BCUT2D eigenvalue weighted by atomic mass is 16.7. The van der Waals surface area contributed by atoms with Crippen LogP contribution >= 0.6 is 0 Å². The molecule has 0 bridgehead atoms. The number of ether oxygens (including phenoxy) is 5. The van der Waals surface area contributed by atoms with E-state index in [1.165, 1.54) is 0 Å². The molecule has 0 aromatic heterocycles. The van der Waals surface area contributed by atoms with E-state index in [4.69, 9.17) is 23.7 Å². The Bertz CT molecular complexity index is 340. The topological polar surface area (TPSA) is 86.6 Å². The van der Waals surface area contributed by atoms with E-state index < -0.39 is 18.5 Å². The lowest BCUT2D eigenvalue weighted by Gasteiger charge is -2.44. The third-order valence-corrected chi connectivity index (χ3v) is 4.61. The molecule has 0 spiro atoms. The lowest BCUT2D eigenvalue weighted by molar-refractivity contribution is -0.306. The molecule has 0 aliphatic carbocycles. The Morgan fingerprint density at radius 3 is 2.45 bits per heavy atom. The second-order valence-electron chi connectivity index (χ2n) is 6.08. The molecule has 130 valence electrons. The Balaban J connectivity index is 2.08. The van der Waals surface area contributed by atoms with Crippen molar-refractivity contribution in [3.63, 3.8) is 0 Å². The maximum Gasteiger partial charge on any atom is 0.163 e. The van der Waals surface area contributed by atoms with Crippen LogP contribution in [0.2, 0.25) is 0 Å². The van der Waals surface area contributed by atoms with Gasteiger partial charge in [-0.25, -0.2) is 0 Å². The number of aliphatic hydroxyl groups is 2. The van der Waals surface area contributed by atoms with Crippen molar-refractivity contribution in [3.05, 3.63) is 0 Å². The molecule has 2 aliphatic heterocycles. The third kappa shape index (κ3) is 3.79. The molecule has 0 radical (unpaired) electrons. The molecular formula is C15H28O7. The van der Waals surface area contributed by atoms with Crippen LogP contribution in [-0.4, -0.2) is 80.6 Å². The maximum atomic E-state index is 10.1. The Morgan fingerprint density at radius 1 is 1.14 bits per heavy atom. The summed E-state index contributed by atoms with van der Waals surface area (Å²) in [5, 5.41) is 19.4. The fourth-order valence-corrected chi connectivity index (χ4v) is 3.05. The summed E-state index contributed by atoms with van der Waals surface area (Å²) in [6.07, 6.45) is -2.27. The average Bonchev–Trinajstić information content (AvgIpc) is 2.52. The number of aliphatic hydroxyl groups excluding tert-OH is 2. The van der Waals surface area contributed by atoms with Crippen LogP contribution in [0.25, 0.3) is 0 Å². The molecule has 6 unspecified atom stereocenters. The van der Waals surface area contributed by atoms with Gasteiger partial charge < -0.3 is 33.9 Å². The van der Waals surface area contributed by atoms with E-state index in [0.29, 0.717) is 13.0 Å². The van der Waals surface area contributed by atoms with E-state index in [2.05, 4.69) is 0 Å². The highest BCUT2D eigenvalue weighted by Gasteiger charge is 2.44. The minimum Gasteiger partial charge on any atom is -0.394 e. The van der Waals surface area contributed by atoms with Crippen LogP contribution in [0.1, 0.15) is 20.3 Å². The van der Waals surface area contributed by atoms with Crippen molar-refractivity contribution in [2.24, 2.45) is 5.92 Å². The molecule has 0 saturated carbocycles. The van der Waals surface area contributed by atoms with Gasteiger partial charge in [0.2, 0.25) is 0 Å². The summed E-state index contributed by atoms with van der Waals surface area (Å²) >= 11 is 0. The molecule has 2 aliphatic rings. The predicted molar refractivity (Wildman–Crippen MR) is 77.4 cm³/mol. The summed E-state index contributed by atoms with van der Waals surface area (Å²) in [6.45, 7) is 4.08. The van der Waals surface area contributed by atoms with Gasteiger partial charge in [-0.15, -0.1) is 0 Å². The zero-order valence-electron chi connectivity index (χ0n) is 13.7. The first kappa shape index (κ1) is 18.1. The summed E-state index contributed by atoms with van der Waals surface area (Å²) in [5.74, 6) is -0.199. The monoisotopic (exact) mass is 320 g/mol. The van der Waals surface area contributed by atoms with E-state index in [1.54, 1.807) is 14.2 Å². The SMILES string of the molecule is COC1COC(C)[C@H](O[C@@H]2OC(CO)CC(O)C2C)C1OC. The Labute approximate surface area is 131 Å². The summed E-state index contributed by atoms with van der Waals surface area (Å²) in [5.41, 5.74) is 0.